The lowest BCUT2D eigenvalue weighted by molar-refractivity contribution is -0.117. The van der Waals surface area contributed by atoms with Crippen molar-refractivity contribution in [3.63, 3.8) is 0 Å². The largest absolute Gasteiger partial charge is 0.467 e. The minimum absolute atomic E-state index is 0.126. The Labute approximate surface area is 194 Å². The fraction of sp³-hybridized carbons (Fsp3) is 0.400. The summed E-state index contributed by atoms with van der Waals surface area (Å²) in [6.07, 6.45) is 5.38. The number of rotatable bonds is 7. The number of pyridine rings is 1. The Morgan fingerprint density at radius 1 is 1.27 bits per heavy atom. The van der Waals surface area contributed by atoms with Crippen molar-refractivity contribution in [1.82, 2.24) is 14.5 Å². The van der Waals surface area contributed by atoms with Crippen LogP contribution < -0.4 is 10.2 Å². The van der Waals surface area contributed by atoms with Crippen LogP contribution in [-0.2, 0) is 11.3 Å². The lowest BCUT2D eigenvalue weighted by Crippen LogP contribution is -2.46. The number of anilines is 2. The van der Waals surface area contributed by atoms with Gasteiger partial charge in [0.05, 0.1) is 24.9 Å². The molecule has 1 fully saturated rings. The summed E-state index contributed by atoms with van der Waals surface area (Å²) in [5.41, 5.74) is 2.31. The van der Waals surface area contributed by atoms with Gasteiger partial charge in [-0.15, -0.1) is 0 Å². The molecule has 0 saturated carbocycles. The number of hydrogen-bond donors (Lipinski definition) is 1. The Bertz CT molecular complexity index is 1120. The molecule has 1 aliphatic rings. The fourth-order valence-corrected chi connectivity index (χ4v) is 4.49. The van der Waals surface area contributed by atoms with E-state index in [0.29, 0.717) is 24.0 Å². The van der Waals surface area contributed by atoms with Crippen molar-refractivity contribution in [2.75, 3.05) is 36.9 Å². The number of carbonyl (C=O) groups is 1. The highest BCUT2D eigenvalue weighted by Crippen LogP contribution is 2.28. The van der Waals surface area contributed by atoms with E-state index >= 15 is 0 Å². The van der Waals surface area contributed by atoms with E-state index in [1.165, 1.54) is 0 Å². The first kappa shape index (κ1) is 22.6. The van der Waals surface area contributed by atoms with Crippen molar-refractivity contribution < 1.29 is 9.21 Å². The van der Waals surface area contributed by atoms with E-state index in [0.717, 1.165) is 48.8 Å². The fourth-order valence-electron chi connectivity index (χ4n) is 4.49. The molecule has 0 aliphatic carbocycles. The summed E-state index contributed by atoms with van der Waals surface area (Å²) in [5, 5.41) is 12.7. The first-order valence-corrected chi connectivity index (χ1v) is 11.3. The van der Waals surface area contributed by atoms with Crippen LogP contribution >= 0.6 is 0 Å². The standard InChI is InChI=1S/C25H30N6O2/c1-18-19(2)31(16-21-7-6-14-33-21)25(22(18)15-26)28-24(32)17-29(3)20-9-12-30(13-10-20)23-8-4-5-11-27-23/h4-8,11,14,20H,9-10,12-13,16-17H2,1-3H3,(H,28,32). The SMILES string of the molecule is Cc1c(C#N)c(NC(=O)CN(C)C2CCN(c3ccccn3)CC2)n(Cc2ccco2)c1C. The molecule has 3 aromatic heterocycles. The number of amides is 1. The molecular formula is C25H30N6O2. The molecular weight excluding hydrogens is 416 g/mol. The van der Waals surface area contributed by atoms with Crippen LogP contribution in [0.2, 0.25) is 0 Å². The highest BCUT2D eigenvalue weighted by Gasteiger charge is 2.26. The molecule has 4 heterocycles. The van der Waals surface area contributed by atoms with Gasteiger partial charge in [0.2, 0.25) is 5.91 Å². The van der Waals surface area contributed by atoms with Gasteiger partial charge >= 0.3 is 0 Å². The third-order valence-electron chi connectivity index (χ3n) is 6.55. The van der Waals surface area contributed by atoms with Crippen LogP contribution in [0.5, 0.6) is 0 Å². The number of carbonyl (C=O) groups excluding carboxylic acids is 1. The van der Waals surface area contributed by atoms with Gasteiger partial charge in [0.1, 0.15) is 23.5 Å². The maximum atomic E-state index is 13.0. The Morgan fingerprint density at radius 2 is 2.06 bits per heavy atom. The number of likely N-dealkylation sites (N-methyl/N-ethyl adjacent to an activating group) is 1. The number of nitrogens with one attached hydrogen (secondary N) is 1. The molecule has 8 heteroatoms. The van der Waals surface area contributed by atoms with Gasteiger partial charge in [-0.2, -0.15) is 5.26 Å². The van der Waals surface area contributed by atoms with Crippen LogP contribution in [0.4, 0.5) is 11.6 Å². The minimum Gasteiger partial charge on any atom is -0.467 e. The maximum Gasteiger partial charge on any atom is 0.239 e. The molecule has 0 radical (unpaired) electrons. The molecule has 0 spiro atoms. The second kappa shape index (κ2) is 9.92. The van der Waals surface area contributed by atoms with E-state index in [4.69, 9.17) is 4.42 Å². The second-order valence-electron chi connectivity index (χ2n) is 8.58. The summed E-state index contributed by atoms with van der Waals surface area (Å²) in [6, 6.07) is 12.3. The Morgan fingerprint density at radius 3 is 2.70 bits per heavy atom. The van der Waals surface area contributed by atoms with Crippen LogP contribution in [0, 0.1) is 25.2 Å². The van der Waals surface area contributed by atoms with Crippen molar-refractivity contribution in [2.45, 2.75) is 39.3 Å². The summed E-state index contributed by atoms with van der Waals surface area (Å²) in [6.45, 7) is 6.41. The van der Waals surface area contributed by atoms with Gasteiger partial charge < -0.3 is 19.2 Å². The summed E-state index contributed by atoms with van der Waals surface area (Å²) >= 11 is 0. The minimum atomic E-state index is -0.126. The number of piperidine rings is 1. The van der Waals surface area contributed by atoms with E-state index in [-0.39, 0.29) is 12.5 Å². The zero-order chi connectivity index (χ0) is 23.4. The molecule has 0 unspecified atom stereocenters. The molecule has 8 nitrogen and oxygen atoms in total. The van der Waals surface area contributed by atoms with E-state index in [2.05, 4.69) is 26.2 Å². The molecule has 3 aromatic rings. The van der Waals surface area contributed by atoms with Gasteiger partial charge in [-0.3, -0.25) is 9.69 Å². The van der Waals surface area contributed by atoms with Crippen molar-refractivity contribution in [2.24, 2.45) is 0 Å². The summed E-state index contributed by atoms with van der Waals surface area (Å²) in [4.78, 5) is 21.8. The first-order chi connectivity index (χ1) is 16.0. The number of hydrogen-bond acceptors (Lipinski definition) is 6. The lowest BCUT2D eigenvalue weighted by atomic mass is 10.0. The van der Waals surface area contributed by atoms with Crippen LogP contribution in [0.1, 0.15) is 35.4 Å². The van der Waals surface area contributed by atoms with Crippen LogP contribution in [0.25, 0.3) is 0 Å². The lowest BCUT2D eigenvalue weighted by Gasteiger charge is -2.37. The Kier molecular flexibility index (Phi) is 6.80. The smallest absolute Gasteiger partial charge is 0.239 e. The highest BCUT2D eigenvalue weighted by atomic mass is 16.3. The quantitative estimate of drug-likeness (QED) is 0.597. The molecule has 1 aliphatic heterocycles. The predicted octanol–water partition coefficient (Wildman–Crippen LogP) is 3.55. The van der Waals surface area contributed by atoms with Gasteiger partial charge in [-0.1, -0.05) is 6.07 Å². The van der Waals surface area contributed by atoms with Gasteiger partial charge in [0.25, 0.3) is 0 Å². The number of nitriles is 1. The van der Waals surface area contributed by atoms with Gasteiger partial charge in [0, 0.05) is 31.0 Å². The summed E-state index contributed by atoms with van der Waals surface area (Å²) < 4.78 is 7.43. The molecule has 33 heavy (non-hydrogen) atoms. The van der Waals surface area contributed by atoms with E-state index < -0.39 is 0 Å². The third kappa shape index (κ3) is 4.94. The molecule has 172 valence electrons. The second-order valence-corrected chi connectivity index (χ2v) is 8.58. The van der Waals surface area contributed by atoms with Gasteiger partial charge in [-0.05, 0) is 63.6 Å². The molecule has 0 aromatic carbocycles. The van der Waals surface area contributed by atoms with Crippen LogP contribution in [0.3, 0.4) is 0 Å². The van der Waals surface area contributed by atoms with Crippen LogP contribution in [-0.4, -0.2) is 53.1 Å². The van der Waals surface area contributed by atoms with E-state index in [1.807, 2.05) is 62.0 Å². The molecule has 4 rings (SSSR count). The number of nitrogens with zero attached hydrogens (tertiary/aromatic N) is 5. The highest BCUT2D eigenvalue weighted by molar-refractivity contribution is 5.93. The molecule has 0 bridgehead atoms. The van der Waals surface area contributed by atoms with E-state index in [1.54, 1.807) is 6.26 Å². The van der Waals surface area contributed by atoms with Crippen molar-refractivity contribution in [1.29, 1.82) is 5.26 Å². The molecule has 0 atom stereocenters. The first-order valence-electron chi connectivity index (χ1n) is 11.3. The zero-order valence-electron chi connectivity index (χ0n) is 19.4. The monoisotopic (exact) mass is 446 g/mol. The predicted molar refractivity (Wildman–Crippen MR) is 127 cm³/mol. The van der Waals surface area contributed by atoms with E-state index in [9.17, 15) is 10.1 Å². The average molecular weight is 447 g/mol. The molecule has 1 amide bonds. The zero-order valence-corrected chi connectivity index (χ0v) is 19.4. The normalized spacial score (nSPS) is 14.5. The Balaban J connectivity index is 1.40. The van der Waals surface area contributed by atoms with Crippen molar-refractivity contribution >= 4 is 17.5 Å². The van der Waals surface area contributed by atoms with Crippen molar-refractivity contribution in [3.8, 4) is 6.07 Å². The number of aromatic nitrogens is 2. The van der Waals surface area contributed by atoms with Gasteiger partial charge in [0.15, 0.2) is 0 Å². The molecule has 1 N–H and O–H groups in total. The summed E-state index contributed by atoms with van der Waals surface area (Å²) in [5.74, 6) is 2.18. The third-order valence-corrected chi connectivity index (χ3v) is 6.55. The number of furan rings is 1. The summed E-state index contributed by atoms with van der Waals surface area (Å²) in [7, 11) is 1.99. The topological polar surface area (TPSA) is 90.3 Å². The molecule has 1 saturated heterocycles. The van der Waals surface area contributed by atoms with Gasteiger partial charge in [-0.25, -0.2) is 4.98 Å². The Hall–Kier alpha value is -3.57. The maximum absolute atomic E-state index is 13.0. The average Bonchev–Trinajstić information content (AvgIpc) is 3.42. The van der Waals surface area contributed by atoms with Crippen LogP contribution in [0.15, 0.2) is 47.2 Å². The van der Waals surface area contributed by atoms with Crippen molar-refractivity contribution in [3.05, 3.63) is 65.4 Å².